The number of oxazole rings is 1. The molecule has 1 saturated carbocycles. The van der Waals surface area contributed by atoms with Gasteiger partial charge in [0.15, 0.2) is 11.5 Å². The zero-order valence-electron chi connectivity index (χ0n) is 22.6. The number of rotatable bonds is 9. The highest BCUT2D eigenvalue weighted by Crippen LogP contribution is 2.41. The molecule has 0 radical (unpaired) electrons. The number of alkyl halides is 3. The Morgan fingerprint density at radius 2 is 2.00 bits per heavy atom. The number of amides is 3. The number of hydrogen-bond acceptors (Lipinski definition) is 8. The summed E-state index contributed by atoms with van der Waals surface area (Å²) in [5, 5.41) is 12.2. The van der Waals surface area contributed by atoms with Crippen LogP contribution >= 0.6 is 0 Å². The molecule has 1 saturated heterocycles. The fourth-order valence-corrected chi connectivity index (χ4v) is 4.58. The third-order valence-corrected chi connectivity index (χ3v) is 7.22. The third kappa shape index (κ3) is 6.18. The molecular formula is C26H29F3N8O4. The molecule has 5 rings (SSSR count). The van der Waals surface area contributed by atoms with E-state index in [2.05, 4.69) is 31.0 Å². The second kappa shape index (κ2) is 10.5. The molecule has 1 unspecified atom stereocenters. The smallest absolute Gasteiger partial charge is 0.405 e. The zero-order chi connectivity index (χ0) is 29.5. The molecule has 3 aromatic heterocycles. The lowest BCUT2D eigenvalue weighted by atomic mass is 9.81. The summed E-state index contributed by atoms with van der Waals surface area (Å²) in [4.78, 5) is 48.1. The molecule has 218 valence electrons. The number of carbonyl (C=O) groups excluding carboxylic acids is 3. The normalized spacial score (nSPS) is 18.4. The van der Waals surface area contributed by atoms with Crippen LogP contribution in [0.2, 0.25) is 0 Å². The maximum absolute atomic E-state index is 13.4. The number of pyridine rings is 1. The Hall–Kier alpha value is -4.43. The van der Waals surface area contributed by atoms with Gasteiger partial charge < -0.3 is 20.4 Å². The van der Waals surface area contributed by atoms with Crippen LogP contribution < -0.4 is 20.9 Å². The van der Waals surface area contributed by atoms with Crippen molar-refractivity contribution in [3.8, 4) is 11.5 Å². The predicted octanol–water partition coefficient (Wildman–Crippen LogP) is 3.21. The summed E-state index contributed by atoms with van der Waals surface area (Å²) in [6, 6.07) is 2.80. The van der Waals surface area contributed by atoms with E-state index in [4.69, 9.17) is 4.42 Å². The minimum atomic E-state index is -4.42. The fourth-order valence-electron chi connectivity index (χ4n) is 4.58. The highest BCUT2D eigenvalue weighted by molar-refractivity contribution is 6.07. The van der Waals surface area contributed by atoms with Gasteiger partial charge in [0.2, 0.25) is 17.7 Å². The van der Waals surface area contributed by atoms with Crippen molar-refractivity contribution in [1.82, 2.24) is 25.1 Å². The number of nitrogens with one attached hydrogen (secondary N) is 3. The molecule has 1 aliphatic carbocycles. The molecule has 15 heteroatoms. The molecule has 2 fully saturated rings. The number of hydrogen-bond donors (Lipinski definition) is 3. The maximum Gasteiger partial charge on any atom is 0.405 e. The fraction of sp³-hybridized carbons (Fsp3) is 0.462. The van der Waals surface area contributed by atoms with E-state index < -0.39 is 24.0 Å². The second-order valence-corrected chi connectivity index (χ2v) is 10.8. The van der Waals surface area contributed by atoms with Gasteiger partial charge >= 0.3 is 6.18 Å². The Labute approximate surface area is 232 Å². The first-order valence-corrected chi connectivity index (χ1v) is 13.0. The molecule has 3 N–H and O–H groups in total. The molecule has 41 heavy (non-hydrogen) atoms. The van der Waals surface area contributed by atoms with Gasteiger partial charge in [-0.2, -0.15) is 18.3 Å². The van der Waals surface area contributed by atoms with Crippen molar-refractivity contribution >= 4 is 35.0 Å². The molecule has 4 heterocycles. The van der Waals surface area contributed by atoms with E-state index in [9.17, 15) is 27.6 Å². The van der Waals surface area contributed by atoms with Crippen LogP contribution in [0.4, 0.5) is 30.5 Å². The Morgan fingerprint density at radius 3 is 2.71 bits per heavy atom. The summed E-state index contributed by atoms with van der Waals surface area (Å²) in [6.07, 6.45) is 1.32. The molecule has 3 aromatic rings. The molecule has 0 spiro atoms. The Balaban J connectivity index is 1.28. The van der Waals surface area contributed by atoms with E-state index in [1.54, 1.807) is 13.2 Å². The molecule has 3 amide bonds. The van der Waals surface area contributed by atoms with Crippen molar-refractivity contribution in [2.45, 2.75) is 32.9 Å². The lowest BCUT2D eigenvalue weighted by Gasteiger charge is -2.23. The molecule has 2 aliphatic rings. The van der Waals surface area contributed by atoms with Crippen molar-refractivity contribution < 1.29 is 32.0 Å². The van der Waals surface area contributed by atoms with Gasteiger partial charge in [0.25, 0.3) is 5.91 Å². The lowest BCUT2D eigenvalue weighted by Crippen LogP contribution is -2.37. The summed E-state index contributed by atoms with van der Waals surface area (Å²) in [5.74, 6) is -0.700. The first kappa shape index (κ1) is 28.1. The first-order valence-electron chi connectivity index (χ1n) is 13.0. The van der Waals surface area contributed by atoms with Crippen molar-refractivity contribution in [2.24, 2.45) is 24.3 Å². The summed E-state index contributed by atoms with van der Waals surface area (Å²) in [7, 11) is 1.65. The van der Waals surface area contributed by atoms with Crippen molar-refractivity contribution in [1.29, 1.82) is 0 Å². The van der Waals surface area contributed by atoms with Crippen molar-refractivity contribution in [2.75, 3.05) is 35.2 Å². The van der Waals surface area contributed by atoms with Gasteiger partial charge in [0, 0.05) is 43.7 Å². The third-order valence-electron chi connectivity index (χ3n) is 7.22. The van der Waals surface area contributed by atoms with Crippen LogP contribution in [-0.4, -0.2) is 63.3 Å². The monoisotopic (exact) mass is 574 g/mol. The molecule has 12 nitrogen and oxygen atoms in total. The highest BCUT2D eigenvalue weighted by atomic mass is 19.4. The van der Waals surface area contributed by atoms with Gasteiger partial charge in [-0.15, -0.1) is 0 Å². The molecule has 1 aliphatic heterocycles. The Kier molecular flexibility index (Phi) is 7.21. The number of anilines is 3. The summed E-state index contributed by atoms with van der Waals surface area (Å²) >= 11 is 0. The van der Waals surface area contributed by atoms with Crippen molar-refractivity contribution in [3.05, 3.63) is 36.5 Å². The molecule has 1 atom stereocenters. The average molecular weight is 575 g/mol. The number of aryl methyl sites for hydroxylation is 1. The van der Waals surface area contributed by atoms with E-state index >= 15 is 0 Å². The first-order chi connectivity index (χ1) is 19.3. The van der Waals surface area contributed by atoms with Gasteiger partial charge in [0.1, 0.15) is 24.3 Å². The van der Waals surface area contributed by atoms with E-state index in [0.717, 1.165) is 19.1 Å². The molecule has 0 aromatic carbocycles. The SMILES string of the molecule is Cn1cc(NC(=O)c2coc(-c3ccnc(NCC(F)(F)F)c3)n2)c(N2CC(CNC(=O)C3CC3)C(C)(C)C2=O)n1. The van der Waals surface area contributed by atoms with E-state index in [-0.39, 0.29) is 52.6 Å². The minimum Gasteiger partial charge on any atom is -0.444 e. The lowest BCUT2D eigenvalue weighted by molar-refractivity contribution is -0.126. The van der Waals surface area contributed by atoms with E-state index in [1.165, 1.54) is 27.9 Å². The summed E-state index contributed by atoms with van der Waals surface area (Å²) in [5.41, 5.74) is -0.272. The number of nitrogens with zero attached hydrogens (tertiary/aromatic N) is 5. The van der Waals surface area contributed by atoms with Crippen LogP contribution in [0.3, 0.4) is 0 Å². The topological polar surface area (TPSA) is 147 Å². The van der Waals surface area contributed by atoms with Gasteiger partial charge in [-0.05, 0) is 25.0 Å². The van der Waals surface area contributed by atoms with E-state index in [1.807, 2.05) is 13.8 Å². The quantitative estimate of drug-likeness (QED) is 0.353. The van der Waals surface area contributed by atoms with Gasteiger partial charge in [-0.3, -0.25) is 24.0 Å². The van der Waals surface area contributed by atoms with Crippen LogP contribution in [0.25, 0.3) is 11.5 Å². The van der Waals surface area contributed by atoms with Crippen LogP contribution in [-0.2, 0) is 16.6 Å². The number of halogens is 3. The number of aromatic nitrogens is 4. The largest absolute Gasteiger partial charge is 0.444 e. The second-order valence-electron chi connectivity index (χ2n) is 10.8. The summed E-state index contributed by atoms with van der Waals surface area (Å²) in [6.45, 7) is 3.04. The van der Waals surface area contributed by atoms with E-state index in [0.29, 0.717) is 18.7 Å². The van der Waals surface area contributed by atoms with Crippen LogP contribution in [0.5, 0.6) is 0 Å². The average Bonchev–Trinajstić information content (AvgIpc) is 3.46. The molecular weight excluding hydrogens is 545 g/mol. The van der Waals surface area contributed by atoms with Gasteiger partial charge in [-0.1, -0.05) is 13.8 Å². The maximum atomic E-state index is 13.4. The number of carbonyl (C=O) groups is 3. The van der Waals surface area contributed by atoms with Gasteiger partial charge in [-0.25, -0.2) is 9.97 Å². The van der Waals surface area contributed by atoms with Crippen molar-refractivity contribution in [3.63, 3.8) is 0 Å². The zero-order valence-corrected chi connectivity index (χ0v) is 22.6. The summed E-state index contributed by atoms with van der Waals surface area (Å²) < 4.78 is 44.4. The van der Waals surface area contributed by atoms with Crippen LogP contribution in [0.15, 0.2) is 35.2 Å². The predicted molar refractivity (Wildman–Crippen MR) is 141 cm³/mol. The van der Waals surface area contributed by atoms with Gasteiger partial charge in [0.05, 0.1) is 11.6 Å². The minimum absolute atomic E-state index is 0.00466. The Morgan fingerprint density at radius 1 is 1.24 bits per heavy atom. The van der Waals surface area contributed by atoms with Crippen LogP contribution in [0.1, 0.15) is 37.2 Å². The Bertz CT molecular complexity index is 1480. The highest BCUT2D eigenvalue weighted by Gasteiger charge is 2.49. The molecule has 0 bridgehead atoms. The van der Waals surface area contributed by atoms with Crippen LogP contribution in [0, 0.1) is 17.3 Å². The standard InChI is InChI=1S/C26H29F3N8O4/c1-25(2)16(9-31-21(38)14-4-5-14)10-37(24(25)40)20-17(11-36(3)35-20)33-22(39)18-12-41-23(34-18)15-6-7-30-19(8-15)32-13-26(27,28)29/h6-8,11-12,14,16H,4-5,9-10,13H2,1-3H3,(H,30,32)(H,31,38)(H,33,39).